The number of rotatable bonds is 2. The summed E-state index contributed by atoms with van der Waals surface area (Å²) < 4.78 is 6.32. The van der Waals surface area contributed by atoms with Gasteiger partial charge in [-0.2, -0.15) is 5.10 Å². The van der Waals surface area contributed by atoms with Crippen LogP contribution < -0.4 is 10.1 Å². The van der Waals surface area contributed by atoms with E-state index in [0.29, 0.717) is 23.4 Å². The number of thiophene rings is 1. The van der Waals surface area contributed by atoms with Crippen molar-refractivity contribution in [3.05, 3.63) is 86.1 Å². The molecule has 1 spiro atoms. The number of non-ortho nitro benzene ring substituents is 1. The van der Waals surface area contributed by atoms with Gasteiger partial charge >= 0.3 is 5.72 Å². The van der Waals surface area contributed by atoms with E-state index in [4.69, 9.17) is 9.84 Å². The van der Waals surface area contributed by atoms with Crippen molar-refractivity contribution in [3.63, 3.8) is 0 Å². The van der Waals surface area contributed by atoms with Crippen LogP contribution in [0.1, 0.15) is 28.5 Å². The van der Waals surface area contributed by atoms with Crippen molar-refractivity contribution in [1.29, 1.82) is 0 Å². The standard InChI is InChI=1S/C21H14N4O4S/c26-20-21(14-10-12(25(27)28)7-8-15(14)22-20)24-17(13-4-1-2-5-18(13)29-21)11-16(23-24)19-6-3-9-30-19/h1-10,17H,11H2,(H,22,26)/t17-,21+/m0/s1. The quantitative estimate of drug-likeness (QED) is 0.501. The number of ether oxygens (including phenoxy) is 1. The van der Waals surface area contributed by atoms with Gasteiger partial charge in [-0.25, -0.2) is 5.01 Å². The fourth-order valence-electron chi connectivity index (χ4n) is 4.38. The molecule has 9 heteroatoms. The van der Waals surface area contributed by atoms with Crippen LogP contribution in [-0.4, -0.2) is 21.6 Å². The first-order valence-electron chi connectivity index (χ1n) is 9.37. The largest absolute Gasteiger partial charge is 0.453 e. The van der Waals surface area contributed by atoms with E-state index in [-0.39, 0.29) is 11.7 Å². The highest BCUT2D eigenvalue weighted by molar-refractivity contribution is 7.12. The molecule has 3 aliphatic heterocycles. The van der Waals surface area contributed by atoms with Crippen LogP contribution in [0, 0.1) is 10.1 Å². The maximum absolute atomic E-state index is 13.3. The monoisotopic (exact) mass is 418 g/mol. The van der Waals surface area contributed by atoms with Crippen molar-refractivity contribution in [2.45, 2.75) is 18.2 Å². The van der Waals surface area contributed by atoms with Gasteiger partial charge in [0.15, 0.2) is 0 Å². The van der Waals surface area contributed by atoms with Gasteiger partial charge < -0.3 is 10.1 Å². The first kappa shape index (κ1) is 17.2. The highest BCUT2D eigenvalue weighted by Crippen LogP contribution is 2.54. The number of carbonyl (C=O) groups is 1. The third kappa shape index (κ3) is 2.15. The lowest BCUT2D eigenvalue weighted by Gasteiger charge is -2.43. The van der Waals surface area contributed by atoms with Crippen molar-refractivity contribution < 1.29 is 14.5 Å². The van der Waals surface area contributed by atoms with Crippen LogP contribution in [-0.2, 0) is 10.5 Å². The van der Waals surface area contributed by atoms with Gasteiger partial charge in [0, 0.05) is 24.1 Å². The van der Waals surface area contributed by atoms with Gasteiger partial charge in [-0.15, -0.1) is 11.3 Å². The molecule has 2 atom stereocenters. The second kappa shape index (κ2) is 5.90. The summed E-state index contributed by atoms with van der Waals surface area (Å²) >= 11 is 1.58. The lowest BCUT2D eigenvalue weighted by Crippen LogP contribution is -2.55. The summed E-state index contributed by atoms with van der Waals surface area (Å²) in [5.74, 6) is 0.171. The number of carbonyl (C=O) groups excluding carboxylic acids is 1. The van der Waals surface area contributed by atoms with E-state index in [9.17, 15) is 14.9 Å². The zero-order valence-corrected chi connectivity index (χ0v) is 16.3. The molecule has 0 saturated carbocycles. The third-order valence-corrected chi connectivity index (χ3v) is 6.63. The van der Waals surface area contributed by atoms with E-state index in [1.807, 2.05) is 41.8 Å². The summed E-state index contributed by atoms with van der Waals surface area (Å²) in [5.41, 5.74) is 0.983. The number of nitro benzene ring substituents is 1. The molecule has 0 unspecified atom stereocenters. The van der Waals surface area contributed by atoms with E-state index in [1.165, 1.54) is 12.1 Å². The SMILES string of the molecule is O=C1Nc2ccc([N+](=O)[O-])cc2[C@@]12Oc1ccccc1[C@@H]1CC(c3cccs3)=NN12. The molecule has 1 amide bonds. The summed E-state index contributed by atoms with van der Waals surface area (Å²) in [6, 6.07) is 15.6. The number of nitrogens with one attached hydrogen (secondary N) is 1. The van der Waals surface area contributed by atoms with Crippen LogP contribution in [0.25, 0.3) is 0 Å². The number of para-hydroxylation sites is 1. The normalized spacial score (nSPS) is 23.3. The van der Waals surface area contributed by atoms with Crippen molar-refractivity contribution >= 4 is 34.3 Å². The third-order valence-electron chi connectivity index (χ3n) is 5.71. The molecule has 30 heavy (non-hydrogen) atoms. The van der Waals surface area contributed by atoms with Gasteiger partial charge in [0.1, 0.15) is 5.75 Å². The molecule has 8 nitrogen and oxygen atoms in total. The first-order chi connectivity index (χ1) is 14.6. The highest BCUT2D eigenvalue weighted by Gasteiger charge is 2.61. The van der Waals surface area contributed by atoms with Crippen molar-refractivity contribution in [3.8, 4) is 5.75 Å². The highest BCUT2D eigenvalue weighted by atomic mass is 32.1. The predicted octanol–water partition coefficient (Wildman–Crippen LogP) is 4.00. The second-order valence-corrected chi connectivity index (χ2v) is 8.26. The zero-order valence-electron chi connectivity index (χ0n) is 15.4. The minimum absolute atomic E-state index is 0.106. The Morgan fingerprint density at radius 1 is 1.23 bits per heavy atom. The van der Waals surface area contributed by atoms with Gasteiger partial charge in [0.2, 0.25) is 0 Å². The Kier molecular flexibility index (Phi) is 3.37. The lowest BCUT2D eigenvalue weighted by molar-refractivity contribution is -0.385. The van der Waals surface area contributed by atoms with Crippen molar-refractivity contribution in [2.24, 2.45) is 5.10 Å². The van der Waals surface area contributed by atoms with Crippen molar-refractivity contribution in [2.75, 3.05) is 5.32 Å². The number of anilines is 1. The van der Waals surface area contributed by atoms with Gasteiger partial charge in [-0.3, -0.25) is 14.9 Å². The molecule has 1 N–H and O–H groups in total. The molecular formula is C21H14N4O4S. The Balaban J connectivity index is 1.60. The Morgan fingerprint density at radius 3 is 2.90 bits per heavy atom. The Hall–Kier alpha value is -3.72. The molecule has 6 rings (SSSR count). The molecule has 0 aliphatic carbocycles. The van der Waals surface area contributed by atoms with Crippen LogP contribution >= 0.6 is 11.3 Å². The minimum Gasteiger partial charge on any atom is -0.453 e. The number of hydrogen-bond donors (Lipinski definition) is 1. The molecule has 2 aromatic carbocycles. The van der Waals surface area contributed by atoms with E-state index in [2.05, 4.69) is 5.32 Å². The average Bonchev–Trinajstić information content (AvgIpc) is 3.47. The molecular weight excluding hydrogens is 404 g/mol. The van der Waals surface area contributed by atoms with E-state index in [1.54, 1.807) is 22.4 Å². The summed E-state index contributed by atoms with van der Waals surface area (Å²) in [6.07, 6.45) is 0.611. The fraction of sp³-hybridized carbons (Fsp3) is 0.143. The molecule has 0 saturated heterocycles. The number of hydrogen-bond acceptors (Lipinski definition) is 7. The first-order valence-corrected chi connectivity index (χ1v) is 10.2. The van der Waals surface area contributed by atoms with Crippen molar-refractivity contribution in [1.82, 2.24) is 5.01 Å². The molecule has 3 aromatic rings. The molecule has 1 aromatic heterocycles. The second-order valence-electron chi connectivity index (χ2n) is 7.31. The van der Waals surface area contributed by atoms with Crippen LogP contribution in [0.5, 0.6) is 5.75 Å². The maximum atomic E-state index is 13.3. The van der Waals surface area contributed by atoms with E-state index in [0.717, 1.165) is 16.2 Å². The number of hydrazone groups is 1. The van der Waals surface area contributed by atoms with Gasteiger partial charge in [-0.05, 0) is 23.6 Å². The summed E-state index contributed by atoms with van der Waals surface area (Å²) in [7, 11) is 0. The number of nitrogens with zero attached hydrogens (tertiary/aromatic N) is 3. The van der Waals surface area contributed by atoms with Gasteiger partial charge in [-0.1, -0.05) is 24.3 Å². The Bertz CT molecular complexity index is 1260. The van der Waals surface area contributed by atoms with Gasteiger partial charge in [0.25, 0.3) is 11.6 Å². The smallest absolute Gasteiger partial charge is 0.306 e. The summed E-state index contributed by atoms with van der Waals surface area (Å²) in [5, 5.41) is 22.7. The molecule has 0 fully saturated rings. The van der Waals surface area contributed by atoms with Crippen LogP contribution in [0.4, 0.5) is 11.4 Å². The fourth-order valence-corrected chi connectivity index (χ4v) is 5.10. The van der Waals surface area contributed by atoms with Crippen LogP contribution in [0.3, 0.4) is 0 Å². The lowest BCUT2D eigenvalue weighted by atomic mass is 9.93. The number of amides is 1. The van der Waals surface area contributed by atoms with Crippen LogP contribution in [0.2, 0.25) is 0 Å². The summed E-state index contributed by atoms with van der Waals surface area (Å²) in [6.45, 7) is 0. The topological polar surface area (TPSA) is 97.1 Å². The average molecular weight is 418 g/mol. The van der Waals surface area contributed by atoms with E-state index >= 15 is 0 Å². The molecule has 148 valence electrons. The summed E-state index contributed by atoms with van der Waals surface area (Å²) in [4.78, 5) is 25.3. The Morgan fingerprint density at radius 2 is 2.10 bits per heavy atom. The maximum Gasteiger partial charge on any atom is 0.306 e. The van der Waals surface area contributed by atoms with E-state index < -0.39 is 16.6 Å². The number of benzene rings is 2. The van der Waals surface area contributed by atoms with Gasteiger partial charge in [0.05, 0.1) is 32.8 Å². The molecule has 3 aliphatic rings. The Labute approximate surface area is 174 Å². The molecule has 4 heterocycles. The van der Waals surface area contributed by atoms with Crippen LogP contribution in [0.15, 0.2) is 65.1 Å². The number of nitro groups is 1. The minimum atomic E-state index is -1.60. The number of fused-ring (bicyclic) bond motifs is 6. The predicted molar refractivity (Wildman–Crippen MR) is 111 cm³/mol. The molecule has 0 bridgehead atoms. The zero-order chi connectivity index (χ0) is 20.5. The molecule has 0 radical (unpaired) electrons.